The molecule has 1 aliphatic rings. The van der Waals surface area contributed by atoms with Crippen LogP contribution in [-0.4, -0.2) is 36.4 Å². The largest absolute Gasteiger partial charge is 0.477 e. The van der Waals surface area contributed by atoms with Crippen molar-refractivity contribution in [2.45, 2.75) is 36.9 Å². The summed E-state index contributed by atoms with van der Waals surface area (Å²) in [5.74, 6) is -0.829. The van der Waals surface area contributed by atoms with Crippen LogP contribution in [0.5, 0.6) is 0 Å². The second-order valence-electron chi connectivity index (χ2n) is 4.99. The van der Waals surface area contributed by atoms with Gasteiger partial charge in [0.2, 0.25) is 0 Å². The molecule has 0 saturated carbocycles. The van der Waals surface area contributed by atoms with Crippen LogP contribution < -0.4 is 0 Å². The molecule has 0 spiro atoms. The smallest absolute Gasteiger partial charge is 0.345 e. The van der Waals surface area contributed by atoms with Crippen LogP contribution in [0, 0.1) is 5.92 Å². The molecule has 1 aliphatic heterocycles. The third-order valence-electron chi connectivity index (χ3n) is 3.37. The Bertz CT molecular complexity index is 576. The van der Waals surface area contributed by atoms with Crippen molar-refractivity contribution < 1.29 is 18.3 Å². The first-order chi connectivity index (χ1) is 8.84. The fraction of sp³-hybridized carbons (Fsp3) is 0.583. The van der Waals surface area contributed by atoms with Gasteiger partial charge in [-0.05, 0) is 30.9 Å². The summed E-state index contributed by atoms with van der Waals surface area (Å²) in [5, 5.41) is 8.87. The van der Waals surface area contributed by atoms with E-state index >= 15 is 0 Å². The van der Waals surface area contributed by atoms with Crippen LogP contribution in [0.15, 0.2) is 16.3 Å². The Balaban J connectivity index is 2.33. The van der Waals surface area contributed by atoms with Crippen LogP contribution in [0.25, 0.3) is 0 Å². The van der Waals surface area contributed by atoms with Gasteiger partial charge >= 0.3 is 5.97 Å². The number of carbonyl (C=O) groups is 1. The highest BCUT2D eigenvalue weighted by Gasteiger charge is 2.37. The highest BCUT2D eigenvalue weighted by atomic mass is 32.2. The Morgan fingerprint density at radius 1 is 1.47 bits per heavy atom. The third-order valence-corrected chi connectivity index (χ3v) is 6.84. The lowest BCUT2D eigenvalue weighted by Gasteiger charge is -2.26. The Morgan fingerprint density at radius 2 is 2.16 bits per heavy atom. The molecule has 7 heteroatoms. The molecule has 1 N–H and O–H groups in total. The third kappa shape index (κ3) is 2.68. The molecule has 19 heavy (non-hydrogen) atoms. The molecule has 1 unspecified atom stereocenters. The van der Waals surface area contributed by atoms with Gasteiger partial charge in [0, 0.05) is 12.6 Å². The van der Waals surface area contributed by atoms with Crippen molar-refractivity contribution >= 4 is 27.3 Å². The molecule has 2 rings (SSSR count). The second-order valence-corrected chi connectivity index (χ2v) is 8.19. The van der Waals surface area contributed by atoms with E-state index in [1.807, 2.05) is 13.8 Å². The molecule has 1 aromatic rings. The number of carboxylic acids is 1. The van der Waals surface area contributed by atoms with Crippen molar-refractivity contribution in [3.05, 3.63) is 17.0 Å². The van der Waals surface area contributed by atoms with E-state index in [0.29, 0.717) is 6.54 Å². The Hall–Kier alpha value is -0.920. The molecule has 0 aromatic carbocycles. The minimum absolute atomic E-state index is 0.0142. The number of hydrogen-bond acceptors (Lipinski definition) is 4. The van der Waals surface area contributed by atoms with E-state index in [9.17, 15) is 13.2 Å². The van der Waals surface area contributed by atoms with Gasteiger partial charge in [-0.25, -0.2) is 13.2 Å². The van der Waals surface area contributed by atoms with Crippen molar-refractivity contribution in [3.63, 3.8) is 0 Å². The first-order valence-corrected chi connectivity index (χ1v) is 8.44. The topological polar surface area (TPSA) is 74.7 Å². The summed E-state index contributed by atoms with van der Waals surface area (Å²) in [6, 6.07) is 2.75. The highest BCUT2D eigenvalue weighted by molar-refractivity contribution is 7.91. The van der Waals surface area contributed by atoms with Crippen molar-refractivity contribution in [2.75, 3.05) is 6.54 Å². The summed E-state index contributed by atoms with van der Waals surface area (Å²) in [4.78, 5) is 10.9. The number of nitrogens with zero attached hydrogens (tertiary/aromatic N) is 1. The predicted octanol–water partition coefficient (Wildman–Crippen LogP) is 2.26. The highest BCUT2D eigenvalue weighted by Crippen LogP contribution is 2.32. The van der Waals surface area contributed by atoms with Crippen molar-refractivity contribution in [1.82, 2.24) is 4.31 Å². The zero-order chi connectivity index (χ0) is 14.2. The van der Waals surface area contributed by atoms with Gasteiger partial charge in [0.05, 0.1) is 0 Å². The summed E-state index contributed by atoms with van der Waals surface area (Å²) < 4.78 is 26.7. The standard InChI is InChI=1S/C12H17NO4S2/c1-8(2)9-4-3-7-13(9)19(16,17)11-6-5-10(18-11)12(14)15/h5-6,8-9H,3-4,7H2,1-2H3,(H,14,15). The quantitative estimate of drug-likeness (QED) is 0.925. The molecule has 2 heterocycles. The second kappa shape index (κ2) is 5.22. The lowest BCUT2D eigenvalue weighted by atomic mass is 10.0. The summed E-state index contributed by atoms with van der Waals surface area (Å²) in [5.41, 5.74) is 0. The molecule has 1 fully saturated rings. The van der Waals surface area contributed by atoms with E-state index in [2.05, 4.69) is 0 Å². The molecule has 0 aliphatic carbocycles. The minimum atomic E-state index is -3.56. The SMILES string of the molecule is CC(C)C1CCCN1S(=O)(=O)c1ccc(C(=O)O)s1. The molecule has 1 atom stereocenters. The van der Waals surface area contributed by atoms with Gasteiger partial charge in [0.15, 0.2) is 0 Å². The molecule has 106 valence electrons. The normalized spacial score (nSPS) is 21.1. The van der Waals surface area contributed by atoms with Gasteiger partial charge in [-0.2, -0.15) is 4.31 Å². The van der Waals surface area contributed by atoms with Crippen molar-refractivity contribution in [1.29, 1.82) is 0 Å². The van der Waals surface area contributed by atoms with E-state index in [-0.39, 0.29) is 21.0 Å². The zero-order valence-corrected chi connectivity index (χ0v) is 12.5. The lowest BCUT2D eigenvalue weighted by Crippen LogP contribution is -2.38. The molecule has 1 aromatic heterocycles. The van der Waals surface area contributed by atoms with Crippen LogP contribution in [-0.2, 0) is 10.0 Å². The van der Waals surface area contributed by atoms with Crippen molar-refractivity contribution in [3.8, 4) is 0 Å². The van der Waals surface area contributed by atoms with Crippen LogP contribution in [0.4, 0.5) is 0 Å². The predicted molar refractivity (Wildman–Crippen MR) is 73.0 cm³/mol. The van der Waals surface area contributed by atoms with E-state index < -0.39 is 16.0 Å². The lowest BCUT2D eigenvalue weighted by molar-refractivity contribution is 0.0702. The summed E-state index contributed by atoms with van der Waals surface area (Å²) in [7, 11) is -3.56. The van der Waals surface area contributed by atoms with E-state index in [1.54, 1.807) is 0 Å². The average Bonchev–Trinajstić information content (AvgIpc) is 2.98. The summed E-state index contributed by atoms with van der Waals surface area (Å²) >= 11 is 0.819. The fourth-order valence-corrected chi connectivity index (χ4v) is 5.52. The maximum absolute atomic E-state index is 12.5. The van der Waals surface area contributed by atoms with Gasteiger partial charge < -0.3 is 5.11 Å². The van der Waals surface area contributed by atoms with Gasteiger partial charge in [-0.3, -0.25) is 0 Å². The monoisotopic (exact) mass is 303 g/mol. The Morgan fingerprint density at radius 3 is 2.68 bits per heavy atom. The molecular weight excluding hydrogens is 286 g/mol. The van der Waals surface area contributed by atoms with Crippen LogP contribution in [0.1, 0.15) is 36.4 Å². The number of thiophene rings is 1. The molecule has 1 saturated heterocycles. The number of rotatable bonds is 4. The van der Waals surface area contributed by atoms with Gasteiger partial charge in [-0.15, -0.1) is 11.3 Å². The maximum atomic E-state index is 12.5. The molecule has 0 bridgehead atoms. The molecule has 0 amide bonds. The zero-order valence-electron chi connectivity index (χ0n) is 10.9. The van der Waals surface area contributed by atoms with Crippen LogP contribution >= 0.6 is 11.3 Å². The van der Waals surface area contributed by atoms with Gasteiger partial charge in [0.1, 0.15) is 9.09 Å². The number of sulfonamides is 1. The Kier molecular flexibility index (Phi) is 3.98. The maximum Gasteiger partial charge on any atom is 0.345 e. The number of hydrogen-bond donors (Lipinski definition) is 1. The van der Waals surface area contributed by atoms with E-state index in [0.717, 1.165) is 24.2 Å². The average molecular weight is 303 g/mol. The van der Waals surface area contributed by atoms with Crippen LogP contribution in [0.2, 0.25) is 0 Å². The minimum Gasteiger partial charge on any atom is -0.477 e. The van der Waals surface area contributed by atoms with Gasteiger partial charge in [0.25, 0.3) is 10.0 Å². The fourth-order valence-electron chi connectivity index (χ4n) is 2.42. The molecular formula is C12H17NO4S2. The van der Waals surface area contributed by atoms with E-state index in [1.165, 1.54) is 16.4 Å². The van der Waals surface area contributed by atoms with Crippen molar-refractivity contribution in [2.24, 2.45) is 5.92 Å². The number of aromatic carboxylic acids is 1. The number of carboxylic acid groups (broad SMARTS) is 1. The summed E-state index contributed by atoms with van der Waals surface area (Å²) in [6.07, 6.45) is 1.73. The van der Waals surface area contributed by atoms with Gasteiger partial charge in [-0.1, -0.05) is 13.8 Å². The Labute approximate surface area is 116 Å². The summed E-state index contributed by atoms with van der Waals surface area (Å²) in [6.45, 7) is 4.54. The molecule has 5 nitrogen and oxygen atoms in total. The first-order valence-electron chi connectivity index (χ1n) is 6.19. The first kappa shape index (κ1) is 14.5. The van der Waals surface area contributed by atoms with E-state index in [4.69, 9.17) is 5.11 Å². The van der Waals surface area contributed by atoms with Crippen LogP contribution in [0.3, 0.4) is 0 Å². The molecule has 0 radical (unpaired) electrons.